The van der Waals surface area contributed by atoms with Gasteiger partial charge in [0.05, 0.1) is 5.56 Å². The molecule has 0 aliphatic carbocycles. The number of nitrogens with one attached hydrogen (secondary N) is 1. The molecule has 1 unspecified atom stereocenters. The van der Waals surface area contributed by atoms with Crippen LogP contribution in [0.2, 0.25) is 0 Å². The minimum absolute atomic E-state index is 0.224. The van der Waals surface area contributed by atoms with Crippen molar-refractivity contribution in [3.05, 3.63) is 28.2 Å². The lowest BCUT2D eigenvalue weighted by atomic mass is 9.96. The van der Waals surface area contributed by atoms with Crippen molar-refractivity contribution in [1.82, 2.24) is 0 Å². The van der Waals surface area contributed by atoms with Crippen LogP contribution in [0.1, 0.15) is 19.4 Å². The van der Waals surface area contributed by atoms with Crippen molar-refractivity contribution in [2.75, 3.05) is 18.4 Å². The Morgan fingerprint density at radius 3 is 2.42 bits per heavy atom. The summed E-state index contributed by atoms with van der Waals surface area (Å²) in [6.07, 6.45) is -4.33. The highest BCUT2D eigenvalue weighted by molar-refractivity contribution is 9.10. The zero-order chi connectivity index (χ0) is 14.6. The second-order valence-corrected chi connectivity index (χ2v) is 5.67. The highest BCUT2D eigenvalue weighted by atomic mass is 79.9. The van der Waals surface area contributed by atoms with Crippen LogP contribution in [-0.4, -0.2) is 13.1 Å². The Morgan fingerprint density at radius 1 is 1.32 bits per heavy atom. The van der Waals surface area contributed by atoms with E-state index >= 15 is 0 Å². The Hall–Kier alpha value is -0.750. The molecule has 0 aromatic heterocycles. The summed E-state index contributed by atoms with van der Waals surface area (Å²) in [6.45, 7) is 5.14. The first-order chi connectivity index (χ1) is 8.75. The molecular weight excluding hydrogens is 321 g/mol. The molecule has 0 aliphatic rings. The van der Waals surface area contributed by atoms with Gasteiger partial charge in [0, 0.05) is 16.7 Å². The normalized spacial score (nSPS) is 13.7. The largest absolute Gasteiger partial charge is 0.416 e. The third-order valence-electron chi connectivity index (χ3n) is 3.09. The molecule has 0 amide bonds. The highest BCUT2D eigenvalue weighted by Gasteiger charge is 2.30. The maximum Gasteiger partial charge on any atom is 0.416 e. The molecule has 3 N–H and O–H groups in total. The Labute approximate surface area is 119 Å². The van der Waals surface area contributed by atoms with E-state index in [4.69, 9.17) is 5.73 Å². The maximum absolute atomic E-state index is 12.6. The molecule has 1 rings (SSSR count). The molecule has 2 nitrogen and oxygen atoms in total. The third kappa shape index (κ3) is 4.69. The molecule has 108 valence electrons. The number of nitrogens with two attached hydrogens (primary N) is 1. The first-order valence-electron chi connectivity index (χ1n) is 6.06. The zero-order valence-corrected chi connectivity index (χ0v) is 12.5. The van der Waals surface area contributed by atoms with Gasteiger partial charge >= 0.3 is 6.18 Å². The zero-order valence-electron chi connectivity index (χ0n) is 10.9. The number of halogens is 4. The van der Waals surface area contributed by atoms with Crippen LogP contribution in [0.25, 0.3) is 0 Å². The summed E-state index contributed by atoms with van der Waals surface area (Å²) in [5, 5.41) is 3.03. The van der Waals surface area contributed by atoms with E-state index in [2.05, 4.69) is 21.2 Å². The van der Waals surface area contributed by atoms with E-state index in [1.54, 1.807) is 0 Å². The molecule has 0 aliphatic heterocycles. The van der Waals surface area contributed by atoms with E-state index in [-0.39, 0.29) is 5.92 Å². The van der Waals surface area contributed by atoms with E-state index in [9.17, 15) is 13.2 Å². The van der Waals surface area contributed by atoms with Gasteiger partial charge in [-0.3, -0.25) is 0 Å². The molecule has 19 heavy (non-hydrogen) atoms. The minimum Gasteiger partial charge on any atom is -0.384 e. The van der Waals surface area contributed by atoms with Crippen LogP contribution >= 0.6 is 15.9 Å². The fraction of sp³-hybridized carbons (Fsp3) is 0.538. The molecular formula is C13H18BrF3N2. The predicted octanol–water partition coefficient (Wildman–Crippen LogP) is 4.11. The van der Waals surface area contributed by atoms with Crippen molar-refractivity contribution in [2.24, 2.45) is 17.6 Å². The van der Waals surface area contributed by atoms with E-state index in [0.717, 1.165) is 12.1 Å². The topological polar surface area (TPSA) is 38.0 Å². The van der Waals surface area contributed by atoms with E-state index in [1.807, 2.05) is 13.8 Å². The van der Waals surface area contributed by atoms with Crippen molar-refractivity contribution < 1.29 is 13.2 Å². The average Bonchev–Trinajstić information content (AvgIpc) is 2.30. The SMILES string of the molecule is CC(C)C(CN)CNc1cc(C(F)(F)F)ccc1Br. The molecule has 6 heteroatoms. The van der Waals surface area contributed by atoms with Crippen LogP contribution in [0.15, 0.2) is 22.7 Å². The molecule has 0 saturated carbocycles. The second kappa shape index (κ2) is 6.61. The molecule has 0 heterocycles. The summed E-state index contributed by atoms with van der Waals surface area (Å²) in [5.41, 5.74) is 5.42. The standard InChI is InChI=1S/C13H18BrF3N2/c1-8(2)9(6-18)7-19-12-5-10(13(15,16)17)3-4-11(12)14/h3-5,8-9,19H,6-7,18H2,1-2H3. The molecule has 1 atom stereocenters. The fourth-order valence-corrected chi connectivity index (χ4v) is 2.06. The maximum atomic E-state index is 12.6. The van der Waals surface area contributed by atoms with Crippen LogP contribution in [0.3, 0.4) is 0 Å². The van der Waals surface area contributed by atoms with Crippen molar-refractivity contribution in [3.63, 3.8) is 0 Å². The van der Waals surface area contributed by atoms with Crippen LogP contribution in [0, 0.1) is 11.8 Å². The van der Waals surface area contributed by atoms with Crippen LogP contribution in [0.5, 0.6) is 0 Å². The first kappa shape index (κ1) is 16.3. The number of alkyl halides is 3. The van der Waals surface area contributed by atoms with Crippen molar-refractivity contribution in [3.8, 4) is 0 Å². The van der Waals surface area contributed by atoms with Crippen LogP contribution in [-0.2, 0) is 6.18 Å². The van der Waals surface area contributed by atoms with Gasteiger partial charge in [-0.05, 0) is 52.5 Å². The van der Waals surface area contributed by atoms with Gasteiger partial charge in [-0.2, -0.15) is 13.2 Å². The third-order valence-corrected chi connectivity index (χ3v) is 3.79. The Kier molecular flexibility index (Phi) is 5.67. The second-order valence-electron chi connectivity index (χ2n) is 4.81. The minimum atomic E-state index is -4.33. The quantitative estimate of drug-likeness (QED) is 0.847. The monoisotopic (exact) mass is 338 g/mol. The lowest BCUT2D eigenvalue weighted by Gasteiger charge is -2.21. The molecule has 0 saturated heterocycles. The van der Waals surface area contributed by atoms with Gasteiger partial charge in [0.15, 0.2) is 0 Å². The molecule has 0 fully saturated rings. The molecule has 0 radical (unpaired) electrons. The van der Waals surface area contributed by atoms with Gasteiger partial charge in [0.1, 0.15) is 0 Å². The average molecular weight is 339 g/mol. The number of hydrogen-bond donors (Lipinski definition) is 2. The van der Waals surface area contributed by atoms with E-state index in [1.165, 1.54) is 6.07 Å². The van der Waals surface area contributed by atoms with Gasteiger partial charge in [-0.25, -0.2) is 0 Å². The Morgan fingerprint density at radius 2 is 1.95 bits per heavy atom. The number of benzene rings is 1. The predicted molar refractivity (Wildman–Crippen MR) is 75.0 cm³/mol. The highest BCUT2D eigenvalue weighted by Crippen LogP contribution is 2.34. The molecule has 1 aromatic carbocycles. The van der Waals surface area contributed by atoms with E-state index < -0.39 is 11.7 Å². The lowest BCUT2D eigenvalue weighted by Crippen LogP contribution is -2.27. The summed E-state index contributed by atoms with van der Waals surface area (Å²) >= 11 is 3.25. The number of hydrogen-bond acceptors (Lipinski definition) is 2. The number of anilines is 1. The molecule has 1 aromatic rings. The fourth-order valence-electron chi connectivity index (χ4n) is 1.67. The van der Waals surface area contributed by atoms with Gasteiger partial charge in [-0.1, -0.05) is 13.8 Å². The van der Waals surface area contributed by atoms with Crippen molar-refractivity contribution in [1.29, 1.82) is 0 Å². The molecule has 0 bridgehead atoms. The van der Waals surface area contributed by atoms with Crippen molar-refractivity contribution >= 4 is 21.6 Å². The smallest absolute Gasteiger partial charge is 0.384 e. The Balaban J connectivity index is 2.83. The summed E-state index contributed by atoms with van der Waals surface area (Å²) in [7, 11) is 0. The summed E-state index contributed by atoms with van der Waals surface area (Å²) < 4.78 is 38.5. The summed E-state index contributed by atoms with van der Waals surface area (Å²) in [5.74, 6) is 0.600. The first-order valence-corrected chi connectivity index (χ1v) is 6.85. The van der Waals surface area contributed by atoms with Gasteiger partial charge < -0.3 is 11.1 Å². The van der Waals surface area contributed by atoms with Gasteiger partial charge in [0.25, 0.3) is 0 Å². The summed E-state index contributed by atoms with van der Waals surface area (Å²) in [4.78, 5) is 0. The number of rotatable bonds is 5. The van der Waals surface area contributed by atoms with E-state index in [0.29, 0.717) is 29.2 Å². The van der Waals surface area contributed by atoms with Crippen molar-refractivity contribution in [2.45, 2.75) is 20.0 Å². The van der Waals surface area contributed by atoms with Crippen LogP contribution < -0.4 is 11.1 Å². The Bertz CT molecular complexity index is 419. The van der Waals surface area contributed by atoms with Crippen LogP contribution in [0.4, 0.5) is 18.9 Å². The van der Waals surface area contributed by atoms with Gasteiger partial charge in [0.2, 0.25) is 0 Å². The molecule has 0 spiro atoms. The summed E-state index contributed by atoms with van der Waals surface area (Å²) in [6, 6.07) is 3.56. The van der Waals surface area contributed by atoms with Gasteiger partial charge in [-0.15, -0.1) is 0 Å². The lowest BCUT2D eigenvalue weighted by molar-refractivity contribution is -0.137.